The topological polar surface area (TPSA) is 102 Å². The zero-order valence-electron chi connectivity index (χ0n) is 18.2. The van der Waals surface area contributed by atoms with Gasteiger partial charge in [0.2, 0.25) is 5.91 Å². The Morgan fingerprint density at radius 2 is 1.79 bits per heavy atom. The predicted octanol–water partition coefficient (Wildman–Crippen LogP) is 3.37. The van der Waals surface area contributed by atoms with Gasteiger partial charge in [-0.15, -0.1) is 11.8 Å². The van der Waals surface area contributed by atoms with E-state index in [0.29, 0.717) is 23.8 Å². The molecule has 0 aliphatic heterocycles. The highest BCUT2D eigenvalue weighted by Crippen LogP contribution is 2.16. The van der Waals surface area contributed by atoms with E-state index >= 15 is 0 Å². The van der Waals surface area contributed by atoms with E-state index in [-0.39, 0.29) is 18.4 Å². The number of thioether (sulfide) groups is 1. The maximum absolute atomic E-state index is 11.9. The van der Waals surface area contributed by atoms with Crippen molar-refractivity contribution in [2.45, 2.75) is 12.3 Å². The maximum atomic E-state index is 11.9. The van der Waals surface area contributed by atoms with Gasteiger partial charge < -0.3 is 19.2 Å². The quantitative estimate of drug-likeness (QED) is 0.313. The summed E-state index contributed by atoms with van der Waals surface area (Å²) in [6.07, 6.45) is 3.10. The zero-order valence-corrected chi connectivity index (χ0v) is 19.0. The maximum Gasteiger partial charge on any atom is 0.258 e. The van der Waals surface area contributed by atoms with E-state index in [9.17, 15) is 9.59 Å². The summed E-state index contributed by atoms with van der Waals surface area (Å²) in [5.74, 6) is 2.65. The first-order chi connectivity index (χ1) is 16.1. The largest absolute Gasteiger partial charge is 0.497 e. The molecule has 2 amide bonds. The van der Waals surface area contributed by atoms with Crippen molar-refractivity contribution in [2.75, 3.05) is 19.5 Å². The normalized spacial score (nSPS) is 10.7. The van der Waals surface area contributed by atoms with Crippen LogP contribution in [0, 0.1) is 0 Å². The van der Waals surface area contributed by atoms with Gasteiger partial charge in [-0.1, -0.05) is 12.1 Å². The van der Waals surface area contributed by atoms with Crippen molar-refractivity contribution in [3.05, 3.63) is 83.8 Å². The van der Waals surface area contributed by atoms with Gasteiger partial charge in [-0.05, 0) is 59.7 Å². The average molecular weight is 468 g/mol. The number of ether oxygens (including phenoxy) is 2. The first kappa shape index (κ1) is 23.9. The second-order valence-electron chi connectivity index (χ2n) is 6.85. The van der Waals surface area contributed by atoms with Crippen LogP contribution in [-0.4, -0.2) is 37.5 Å². The number of carbonyl (C=O) groups is 2. The Hall–Kier alpha value is -3.72. The van der Waals surface area contributed by atoms with E-state index in [1.54, 1.807) is 56.0 Å². The summed E-state index contributed by atoms with van der Waals surface area (Å²) in [4.78, 5) is 23.7. The monoisotopic (exact) mass is 467 g/mol. The molecule has 1 aromatic heterocycles. The van der Waals surface area contributed by atoms with Crippen molar-refractivity contribution in [3.63, 3.8) is 0 Å². The van der Waals surface area contributed by atoms with Gasteiger partial charge in [-0.3, -0.25) is 9.59 Å². The summed E-state index contributed by atoms with van der Waals surface area (Å²) < 4.78 is 15.7. The van der Waals surface area contributed by atoms with E-state index in [1.165, 1.54) is 11.8 Å². The lowest BCUT2D eigenvalue weighted by atomic mass is 10.2. The smallest absolute Gasteiger partial charge is 0.258 e. The molecule has 0 aliphatic carbocycles. The third-order valence-electron chi connectivity index (χ3n) is 4.35. The van der Waals surface area contributed by atoms with Gasteiger partial charge in [0.15, 0.2) is 6.61 Å². The Labute approximate surface area is 196 Å². The summed E-state index contributed by atoms with van der Waals surface area (Å²) >= 11 is 1.51. The first-order valence-electron chi connectivity index (χ1n) is 10.2. The molecule has 3 aromatic rings. The molecule has 0 atom stereocenters. The highest BCUT2D eigenvalue weighted by molar-refractivity contribution is 7.99. The van der Waals surface area contributed by atoms with Crippen molar-refractivity contribution in [1.82, 2.24) is 10.7 Å². The minimum atomic E-state index is -0.246. The van der Waals surface area contributed by atoms with Crippen LogP contribution in [0.3, 0.4) is 0 Å². The molecule has 0 radical (unpaired) electrons. The number of hydrogen-bond donors (Lipinski definition) is 2. The first-order valence-corrected chi connectivity index (χ1v) is 11.3. The lowest BCUT2D eigenvalue weighted by Gasteiger charge is -2.07. The molecular weight excluding hydrogens is 442 g/mol. The van der Waals surface area contributed by atoms with Crippen LogP contribution in [-0.2, 0) is 21.9 Å². The molecule has 9 heteroatoms. The van der Waals surface area contributed by atoms with Gasteiger partial charge in [0.1, 0.15) is 17.3 Å². The predicted molar refractivity (Wildman–Crippen MR) is 127 cm³/mol. The van der Waals surface area contributed by atoms with Crippen LogP contribution in [0.25, 0.3) is 0 Å². The van der Waals surface area contributed by atoms with Crippen molar-refractivity contribution >= 4 is 29.8 Å². The lowest BCUT2D eigenvalue weighted by molar-refractivity contribution is -0.123. The van der Waals surface area contributed by atoms with Crippen LogP contribution in [0.4, 0.5) is 0 Å². The van der Waals surface area contributed by atoms with Gasteiger partial charge in [0.25, 0.3) is 5.91 Å². The molecule has 2 N–H and O–H groups in total. The Kier molecular flexibility index (Phi) is 9.41. The zero-order chi connectivity index (χ0) is 23.3. The summed E-state index contributed by atoms with van der Waals surface area (Å²) in [6, 6.07) is 18.3. The SMILES string of the molecule is COc1ccc(CSCC(=O)N/N=C\c2ccc(OCC(=O)NCc3ccco3)cc2)cc1. The van der Waals surface area contributed by atoms with Crippen molar-refractivity contribution in [2.24, 2.45) is 5.10 Å². The number of benzene rings is 2. The van der Waals surface area contributed by atoms with Gasteiger partial charge >= 0.3 is 0 Å². The van der Waals surface area contributed by atoms with Gasteiger partial charge in [-0.2, -0.15) is 5.10 Å². The molecule has 0 saturated heterocycles. The number of methoxy groups -OCH3 is 1. The average Bonchev–Trinajstić information content (AvgIpc) is 3.36. The highest BCUT2D eigenvalue weighted by atomic mass is 32.2. The second-order valence-corrected chi connectivity index (χ2v) is 7.83. The van der Waals surface area contributed by atoms with Gasteiger partial charge in [0, 0.05) is 5.75 Å². The van der Waals surface area contributed by atoms with E-state index in [4.69, 9.17) is 13.9 Å². The lowest BCUT2D eigenvalue weighted by Crippen LogP contribution is -2.28. The Balaban J connectivity index is 1.31. The van der Waals surface area contributed by atoms with Gasteiger partial charge in [0.05, 0.1) is 31.9 Å². The second kappa shape index (κ2) is 13.0. The fourth-order valence-corrected chi connectivity index (χ4v) is 3.42. The van der Waals surface area contributed by atoms with Crippen LogP contribution in [0.2, 0.25) is 0 Å². The fraction of sp³-hybridized carbons (Fsp3) is 0.208. The van der Waals surface area contributed by atoms with Crippen molar-refractivity contribution in [1.29, 1.82) is 0 Å². The van der Waals surface area contributed by atoms with E-state index in [0.717, 1.165) is 22.6 Å². The summed E-state index contributed by atoms with van der Waals surface area (Å²) in [6.45, 7) is 0.217. The van der Waals surface area contributed by atoms with Crippen molar-refractivity contribution < 1.29 is 23.5 Å². The van der Waals surface area contributed by atoms with Crippen LogP contribution in [0.5, 0.6) is 11.5 Å². The van der Waals surface area contributed by atoms with Crippen molar-refractivity contribution in [3.8, 4) is 11.5 Å². The van der Waals surface area contributed by atoms with Crippen LogP contribution >= 0.6 is 11.8 Å². The number of rotatable bonds is 12. The van der Waals surface area contributed by atoms with Gasteiger partial charge in [-0.25, -0.2) is 5.43 Å². The molecule has 8 nitrogen and oxygen atoms in total. The van der Waals surface area contributed by atoms with E-state index in [2.05, 4.69) is 15.8 Å². The molecule has 0 unspecified atom stereocenters. The Morgan fingerprint density at radius 1 is 1.03 bits per heavy atom. The number of hydrogen-bond acceptors (Lipinski definition) is 7. The number of carbonyl (C=O) groups excluding carboxylic acids is 2. The summed E-state index contributed by atoms with van der Waals surface area (Å²) in [5, 5.41) is 6.68. The molecule has 0 bridgehead atoms. The number of hydrazone groups is 1. The van der Waals surface area contributed by atoms with E-state index < -0.39 is 0 Å². The molecule has 0 aliphatic rings. The van der Waals surface area contributed by atoms with Crippen LogP contribution in [0.1, 0.15) is 16.9 Å². The Bertz CT molecular complexity index is 1030. The fourth-order valence-electron chi connectivity index (χ4n) is 2.64. The third-order valence-corrected chi connectivity index (χ3v) is 5.36. The summed E-state index contributed by atoms with van der Waals surface area (Å²) in [7, 11) is 1.63. The molecule has 0 fully saturated rings. The van der Waals surface area contributed by atoms with Crippen LogP contribution < -0.4 is 20.2 Å². The standard InChI is InChI=1S/C24H25N3O5S/c1-30-20-8-6-19(7-9-20)16-33-17-24(29)27-26-13-18-4-10-21(11-5-18)32-15-23(28)25-14-22-3-2-12-31-22/h2-13H,14-17H2,1H3,(H,25,28)(H,27,29)/b26-13-. The Morgan fingerprint density at radius 3 is 2.48 bits per heavy atom. The third kappa shape index (κ3) is 8.74. The minimum Gasteiger partial charge on any atom is -0.497 e. The van der Waals surface area contributed by atoms with Crippen LogP contribution in [0.15, 0.2) is 76.4 Å². The molecule has 0 saturated carbocycles. The molecule has 172 valence electrons. The summed E-state index contributed by atoms with van der Waals surface area (Å²) in [5.41, 5.74) is 4.42. The molecule has 3 rings (SSSR count). The molecular formula is C24H25N3O5S. The number of nitrogens with zero attached hydrogens (tertiary/aromatic N) is 1. The molecule has 2 aromatic carbocycles. The highest BCUT2D eigenvalue weighted by Gasteiger charge is 2.04. The number of furan rings is 1. The number of amides is 2. The molecule has 1 heterocycles. The molecule has 0 spiro atoms. The van der Waals surface area contributed by atoms with E-state index in [1.807, 2.05) is 24.3 Å². The number of nitrogens with one attached hydrogen (secondary N) is 2. The minimum absolute atomic E-state index is 0.0988. The molecule has 33 heavy (non-hydrogen) atoms.